The molecule has 0 aromatic heterocycles. The van der Waals surface area contributed by atoms with Crippen LogP contribution in [0.25, 0.3) is 0 Å². The fourth-order valence-corrected chi connectivity index (χ4v) is 0.203. The number of carbonyl (C=O) groups excluding carboxylic acids is 1. The van der Waals surface area contributed by atoms with Crippen molar-refractivity contribution in [3.05, 3.63) is 0 Å². The molecule has 0 N–H and O–H groups in total. The van der Waals surface area contributed by atoms with Gasteiger partial charge >= 0.3 is 64.2 Å². The number of hydrogen-bond donors (Lipinski definition) is 0. The molecule has 0 saturated heterocycles. The van der Waals surface area contributed by atoms with Crippen LogP contribution in [0.5, 0.6) is 0 Å². The second-order valence-corrected chi connectivity index (χ2v) is 0.925. The van der Waals surface area contributed by atoms with Crippen LogP contribution in [0.4, 0.5) is 0 Å². The van der Waals surface area contributed by atoms with E-state index in [9.17, 15) is 4.79 Å². The van der Waals surface area contributed by atoms with Crippen LogP contribution in [0.2, 0.25) is 0 Å². The average molecular weight is 175 g/mol. The minimum absolute atomic E-state index is 0. The van der Waals surface area contributed by atoms with Crippen LogP contribution < -0.4 is 58.2 Å². The number of ether oxygens (including phenoxy) is 1. The first kappa shape index (κ1) is 11.1. The summed E-state index contributed by atoms with van der Waals surface area (Å²) in [5, 5.41) is 0. The van der Waals surface area contributed by atoms with Crippen LogP contribution in [0.1, 0.15) is 15.3 Å². The Labute approximate surface area is 93.9 Å². The van der Waals surface area contributed by atoms with E-state index in [2.05, 4.69) is 4.74 Å². The second kappa shape index (κ2) is 7.28. The number of carbonyl (C=O) groups is 1. The molecule has 3 heteroatoms. The van der Waals surface area contributed by atoms with Gasteiger partial charge in [0.2, 0.25) is 0 Å². The summed E-state index contributed by atoms with van der Waals surface area (Å²) in [6.45, 7) is 3.65. The van der Waals surface area contributed by atoms with E-state index in [-0.39, 0.29) is 65.6 Å². The molecule has 0 aliphatic carbocycles. The quantitative estimate of drug-likeness (QED) is 0.418. The SMILES string of the molecule is CCOC(C)=O.[H-].[Rb+]. The van der Waals surface area contributed by atoms with Gasteiger partial charge in [-0.2, -0.15) is 0 Å². The third-order valence-corrected chi connectivity index (χ3v) is 0.348. The van der Waals surface area contributed by atoms with Crippen molar-refractivity contribution in [3.63, 3.8) is 0 Å². The summed E-state index contributed by atoms with van der Waals surface area (Å²) >= 11 is 0. The van der Waals surface area contributed by atoms with Crippen molar-refractivity contribution in [2.75, 3.05) is 6.61 Å². The molecule has 0 bridgehead atoms. The molecule has 38 valence electrons. The standard InChI is InChI=1S/C4H8O2.Rb.H/c1-3-6-4(2)5;;/h3H2,1-2H3;;/q;+1;-1. The van der Waals surface area contributed by atoms with E-state index in [4.69, 9.17) is 0 Å². The summed E-state index contributed by atoms with van der Waals surface area (Å²) in [6.07, 6.45) is 0. The third kappa shape index (κ3) is 11.1. The van der Waals surface area contributed by atoms with Crippen molar-refractivity contribution in [3.8, 4) is 0 Å². The third-order valence-electron chi connectivity index (χ3n) is 0.348. The van der Waals surface area contributed by atoms with Gasteiger partial charge in [0, 0.05) is 6.92 Å². The van der Waals surface area contributed by atoms with Crippen molar-refractivity contribution in [1.82, 2.24) is 0 Å². The molecule has 0 rings (SSSR count). The molecule has 2 nitrogen and oxygen atoms in total. The minimum atomic E-state index is -0.211. The summed E-state index contributed by atoms with van der Waals surface area (Å²) in [4.78, 5) is 9.82. The zero-order valence-electron chi connectivity index (χ0n) is 6.02. The molecular formula is C4H9O2Rb. The van der Waals surface area contributed by atoms with E-state index >= 15 is 0 Å². The van der Waals surface area contributed by atoms with E-state index in [1.807, 2.05) is 0 Å². The van der Waals surface area contributed by atoms with Crippen molar-refractivity contribution in [2.45, 2.75) is 13.8 Å². The Bertz CT molecular complexity index is 58.0. The van der Waals surface area contributed by atoms with Gasteiger partial charge in [-0.3, -0.25) is 4.79 Å². The van der Waals surface area contributed by atoms with Crippen LogP contribution >= 0.6 is 0 Å². The molecule has 0 fully saturated rings. The molecule has 0 aromatic carbocycles. The van der Waals surface area contributed by atoms with Crippen molar-refractivity contribution in [2.24, 2.45) is 0 Å². The van der Waals surface area contributed by atoms with Gasteiger partial charge in [0.25, 0.3) is 0 Å². The van der Waals surface area contributed by atoms with E-state index in [1.165, 1.54) is 6.92 Å². The van der Waals surface area contributed by atoms with Crippen molar-refractivity contribution in [1.29, 1.82) is 0 Å². The van der Waals surface area contributed by atoms with Gasteiger partial charge in [-0.1, -0.05) is 0 Å². The predicted octanol–water partition coefficient (Wildman–Crippen LogP) is -2.31. The average Bonchev–Trinajstić information content (AvgIpc) is 1.35. The van der Waals surface area contributed by atoms with Gasteiger partial charge in [-0.15, -0.1) is 0 Å². The first-order valence-corrected chi connectivity index (χ1v) is 1.90. The molecule has 0 spiro atoms. The summed E-state index contributed by atoms with van der Waals surface area (Å²) in [5.41, 5.74) is 0. The van der Waals surface area contributed by atoms with Crippen molar-refractivity contribution >= 4 is 5.97 Å². The van der Waals surface area contributed by atoms with Gasteiger partial charge in [0.15, 0.2) is 0 Å². The molecule has 0 aliphatic rings. The molecular weight excluding hydrogens is 166 g/mol. The summed E-state index contributed by atoms with van der Waals surface area (Å²) in [7, 11) is 0. The molecule has 0 atom stereocenters. The van der Waals surface area contributed by atoms with Gasteiger partial charge in [0.05, 0.1) is 6.61 Å². The summed E-state index contributed by atoms with van der Waals surface area (Å²) in [6, 6.07) is 0. The smallest absolute Gasteiger partial charge is 1.00 e. The largest absolute Gasteiger partial charge is 1.00 e. The molecule has 0 radical (unpaired) electrons. The van der Waals surface area contributed by atoms with E-state index in [0.717, 1.165) is 0 Å². The molecule has 0 unspecified atom stereocenters. The number of esters is 1. The maximum atomic E-state index is 9.82. The van der Waals surface area contributed by atoms with Crippen LogP contribution in [-0.4, -0.2) is 12.6 Å². The van der Waals surface area contributed by atoms with Crippen LogP contribution in [0, 0.1) is 0 Å². The first-order chi connectivity index (χ1) is 2.77. The maximum absolute atomic E-state index is 9.82. The molecule has 0 aromatic rings. The van der Waals surface area contributed by atoms with E-state index in [1.54, 1.807) is 6.92 Å². The zero-order valence-corrected chi connectivity index (χ0v) is 9.94. The van der Waals surface area contributed by atoms with Gasteiger partial charge in [-0.05, 0) is 6.92 Å². The summed E-state index contributed by atoms with van der Waals surface area (Å²) in [5.74, 6) is -0.211. The topological polar surface area (TPSA) is 26.3 Å². The van der Waals surface area contributed by atoms with Crippen molar-refractivity contribution < 1.29 is 69.1 Å². The molecule has 0 aliphatic heterocycles. The zero-order chi connectivity index (χ0) is 4.99. The number of rotatable bonds is 1. The predicted molar refractivity (Wildman–Crippen MR) is 23.4 cm³/mol. The second-order valence-electron chi connectivity index (χ2n) is 0.925. The Morgan fingerprint density at radius 3 is 2.29 bits per heavy atom. The van der Waals surface area contributed by atoms with Gasteiger partial charge < -0.3 is 6.16 Å². The first-order valence-electron chi connectivity index (χ1n) is 1.90. The van der Waals surface area contributed by atoms with Gasteiger partial charge in [-0.25, -0.2) is 0 Å². The van der Waals surface area contributed by atoms with Crippen LogP contribution in [-0.2, 0) is 9.53 Å². The van der Waals surface area contributed by atoms with Crippen LogP contribution in [0.3, 0.4) is 0 Å². The summed E-state index contributed by atoms with van der Waals surface area (Å²) < 4.78 is 4.40. The normalized spacial score (nSPS) is 6.57. The Balaban J connectivity index is -0.000000125. The number of hydrogen-bond acceptors (Lipinski definition) is 2. The monoisotopic (exact) mass is 174 g/mol. The Kier molecular flexibility index (Phi) is 11.6. The molecule has 0 saturated carbocycles. The fourth-order valence-electron chi connectivity index (χ4n) is 0.203. The van der Waals surface area contributed by atoms with Crippen LogP contribution in [0.15, 0.2) is 0 Å². The Morgan fingerprint density at radius 1 is 1.86 bits per heavy atom. The van der Waals surface area contributed by atoms with E-state index in [0.29, 0.717) is 6.61 Å². The molecule has 7 heavy (non-hydrogen) atoms. The molecule has 0 amide bonds. The maximum Gasteiger partial charge on any atom is 1.00 e. The minimum Gasteiger partial charge on any atom is -1.00 e. The Morgan fingerprint density at radius 2 is 2.29 bits per heavy atom. The van der Waals surface area contributed by atoms with E-state index < -0.39 is 0 Å². The molecule has 0 heterocycles. The fraction of sp³-hybridized carbons (Fsp3) is 0.750. The van der Waals surface area contributed by atoms with Gasteiger partial charge in [0.1, 0.15) is 0 Å². The Hall–Kier alpha value is 1.28.